The van der Waals surface area contributed by atoms with Crippen LogP contribution in [0.15, 0.2) is 60.7 Å². The number of amides is 2. The zero-order valence-electron chi connectivity index (χ0n) is 23.1. The van der Waals surface area contributed by atoms with Crippen molar-refractivity contribution in [3.05, 3.63) is 93.7 Å². The Labute approximate surface area is 246 Å². The molecule has 10 heteroatoms. The maximum absolute atomic E-state index is 14.4. The Balaban J connectivity index is 1.34. The fourth-order valence-electron chi connectivity index (χ4n) is 5.66. The number of pyridine rings is 1. The highest BCUT2D eigenvalue weighted by Gasteiger charge is 2.31. The van der Waals surface area contributed by atoms with Gasteiger partial charge in [-0.15, -0.1) is 11.3 Å². The van der Waals surface area contributed by atoms with Gasteiger partial charge in [-0.3, -0.25) is 9.59 Å². The van der Waals surface area contributed by atoms with E-state index in [2.05, 4.69) is 16.4 Å². The molecule has 2 N–H and O–H groups in total. The van der Waals surface area contributed by atoms with Crippen LogP contribution in [0.2, 0.25) is 0 Å². The zero-order valence-corrected chi connectivity index (χ0v) is 23.9. The molecule has 0 aliphatic carbocycles. The minimum absolute atomic E-state index is 0.0969. The molecular formula is C32H28FN5O3S. The topological polar surface area (TPSA) is 110 Å². The molecule has 1 saturated heterocycles. The number of aliphatic hydroxyl groups is 1. The lowest BCUT2D eigenvalue weighted by Gasteiger charge is -2.25. The van der Waals surface area contributed by atoms with E-state index in [0.717, 1.165) is 16.0 Å². The Morgan fingerprint density at radius 2 is 1.98 bits per heavy atom. The third-order valence-electron chi connectivity index (χ3n) is 7.81. The molecule has 0 saturated carbocycles. The van der Waals surface area contributed by atoms with Gasteiger partial charge < -0.3 is 20.2 Å². The van der Waals surface area contributed by atoms with Crippen molar-refractivity contribution in [3.63, 3.8) is 0 Å². The van der Waals surface area contributed by atoms with Crippen molar-refractivity contribution >= 4 is 40.3 Å². The molecule has 42 heavy (non-hydrogen) atoms. The number of carbonyl (C=O) groups is 2. The van der Waals surface area contributed by atoms with Gasteiger partial charge in [0.15, 0.2) is 0 Å². The number of hydrogen-bond donors (Lipinski definition) is 2. The van der Waals surface area contributed by atoms with E-state index in [1.54, 1.807) is 60.4 Å². The molecule has 2 aromatic carbocycles. The van der Waals surface area contributed by atoms with Crippen molar-refractivity contribution < 1.29 is 19.1 Å². The molecule has 1 fully saturated rings. The number of rotatable bonds is 4. The van der Waals surface area contributed by atoms with Gasteiger partial charge in [0.2, 0.25) is 0 Å². The lowest BCUT2D eigenvalue weighted by atomic mass is 10.0. The number of carbonyl (C=O) groups excluding carboxylic acids is 2. The highest BCUT2D eigenvalue weighted by atomic mass is 32.1. The maximum Gasteiger partial charge on any atom is 0.276 e. The van der Waals surface area contributed by atoms with E-state index >= 15 is 0 Å². The van der Waals surface area contributed by atoms with Crippen molar-refractivity contribution in [2.45, 2.75) is 38.8 Å². The van der Waals surface area contributed by atoms with E-state index in [0.29, 0.717) is 53.4 Å². The van der Waals surface area contributed by atoms with Crippen molar-refractivity contribution in [1.29, 1.82) is 5.26 Å². The number of hydrogen-bond acceptors (Lipinski definition) is 7. The van der Waals surface area contributed by atoms with Gasteiger partial charge in [0.25, 0.3) is 11.8 Å². The summed E-state index contributed by atoms with van der Waals surface area (Å²) in [5, 5.41) is 22.5. The van der Waals surface area contributed by atoms with Crippen molar-refractivity contribution in [1.82, 2.24) is 4.98 Å². The SMILES string of the molecule is Cc1cccc(F)c1NC(=O)c1cc2c(s1)-c1ccc(C#N)cc1N(C(=O)c1cccc(N3C[C@@H](O)C[C@@H]3C)n1)CC2. The second-order valence-electron chi connectivity index (χ2n) is 10.7. The Bertz CT molecular complexity index is 1740. The summed E-state index contributed by atoms with van der Waals surface area (Å²) in [7, 11) is 0. The van der Waals surface area contributed by atoms with E-state index in [1.165, 1.54) is 17.4 Å². The van der Waals surface area contributed by atoms with Crippen molar-refractivity contribution in [2.75, 3.05) is 28.2 Å². The fourth-order valence-corrected chi connectivity index (χ4v) is 6.80. The molecule has 0 bridgehead atoms. The molecule has 4 aromatic rings. The lowest BCUT2D eigenvalue weighted by molar-refractivity contribution is 0.0981. The van der Waals surface area contributed by atoms with Gasteiger partial charge in [-0.2, -0.15) is 5.26 Å². The number of nitriles is 1. The number of para-hydroxylation sites is 1. The minimum Gasteiger partial charge on any atom is -0.391 e. The Hall–Kier alpha value is -4.59. The van der Waals surface area contributed by atoms with E-state index < -0.39 is 17.8 Å². The molecule has 0 unspecified atom stereocenters. The van der Waals surface area contributed by atoms with E-state index in [4.69, 9.17) is 0 Å². The Morgan fingerprint density at radius 3 is 2.71 bits per heavy atom. The van der Waals surface area contributed by atoms with E-state index in [1.807, 2.05) is 17.9 Å². The molecule has 0 radical (unpaired) electrons. The molecule has 2 aromatic heterocycles. The van der Waals surface area contributed by atoms with E-state index in [9.17, 15) is 24.3 Å². The summed E-state index contributed by atoms with van der Waals surface area (Å²) in [5.74, 6) is -0.584. The van der Waals surface area contributed by atoms with Gasteiger partial charge >= 0.3 is 0 Å². The van der Waals surface area contributed by atoms with Gasteiger partial charge in [-0.1, -0.05) is 24.3 Å². The smallest absolute Gasteiger partial charge is 0.276 e. The second-order valence-corrected chi connectivity index (χ2v) is 11.7. The van der Waals surface area contributed by atoms with Crippen LogP contribution < -0.4 is 15.1 Å². The predicted molar refractivity (Wildman–Crippen MR) is 161 cm³/mol. The molecule has 212 valence electrons. The second kappa shape index (κ2) is 11.0. The first kappa shape index (κ1) is 27.6. The van der Waals surface area contributed by atoms with Crippen LogP contribution in [-0.2, 0) is 6.42 Å². The normalized spacial score (nSPS) is 17.7. The Kier molecular flexibility index (Phi) is 7.22. The number of benzene rings is 2. The van der Waals surface area contributed by atoms with Gasteiger partial charge in [0.05, 0.1) is 34.0 Å². The van der Waals surface area contributed by atoms with Gasteiger partial charge in [-0.25, -0.2) is 9.37 Å². The fraction of sp³-hybridized carbons (Fsp3) is 0.250. The largest absolute Gasteiger partial charge is 0.391 e. The summed E-state index contributed by atoms with van der Waals surface area (Å²) < 4.78 is 14.4. The number of nitrogens with one attached hydrogen (secondary N) is 1. The van der Waals surface area contributed by atoms with Crippen molar-refractivity contribution in [3.8, 4) is 16.5 Å². The number of halogens is 1. The summed E-state index contributed by atoms with van der Waals surface area (Å²) in [6.07, 6.45) is 0.665. The van der Waals surface area contributed by atoms with Crippen LogP contribution in [0.5, 0.6) is 0 Å². The number of aryl methyl sites for hydroxylation is 1. The number of aliphatic hydroxyl groups excluding tert-OH is 1. The van der Waals surface area contributed by atoms with Crippen LogP contribution in [0.1, 0.15) is 50.2 Å². The molecule has 2 amide bonds. The number of nitrogens with zero attached hydrogens (tertiary/aromatic N) is 4. The molecule has 2 atom stereocenters. The van der Waals surface area contributed by atoms with Crippen LogP contribution in [0.3, 0.4) is 0 Å². The number of thiophene rings is 1. The first-order valence-corrected chi connectivity index (χ1v) is 14.5. The summed E-state index contributed by atoms with van der Waals surface area (Å²) >= 11 is 1.27. The number of β-amino-alcohol motifs (C(OH)–C–C–N with tert-alkyl or cyclic N) is 1. The summed E-state index contributed by atoms with van der Waals surface area (Å²) in [6.45, 7) is 4.51. The van der Waals surface area contributed by atoms with Gasteiger partial charge in [0.1, 0.15) is 17.3 Å². The number of anilines is 3. The van der Waals surface area contributed by atoms with Crippen LogP contribution in [0, 0.1) is 24.1 Å². The van der Waals surface area contributed by atoms with Crippen molar-refractivity contribution in [2.24, 2.45) is 0 Å². The van der Waals surface area contributed by atoms with Gasteiger partial charge in [-0.05, 0) is 74.2 Å². The standard InChI is InChI=1S/C32H28FN5O3S/c1-18-5-3-6-24(33)29(18)36-31(40)27-15-21-11-12-37(26-14-20(16-34)9-10-23(26)30(21)42-27)32(41)25-7-4-8-28(35-25)38-17-22(39)13-19(38)2/h3-10,14-15,19,22,39H,11-13,17H2,1-2H3,(H,36,40)/t19-,22-/m0/s1. The molecule has 6 rings (SSSR count). The molecule has 8 nitrogen and oxygen atoms in total. The molecule has 4 heterocycles. The first-order valence-electron chi connectivity index (χ1n) is 13.7. The third kappa shape index (κ3) is 5.02. The monoisotopic (exact) mass is 581 g/mol. The molecular weight excluding hydrogens is 553 g/mol. The summed E-state index contributed by atoms with van der Waals surface area (Å²) in [5.41, 5.74) is 3.62. The third-order valence-corrected chi connectivity index (χ3v) is 9.02. The maximum atomic E-state index is 14.4. The van der Waals surface area contributed by atoms with Gasteiger partial charge in [0, 0.05) is 29.6 Å². The number of aromatic nitrogens is 1. The highest BCUT2D eigenvalue weighted by molar-refractivity contribution is 7.17. The summed E-state index contributed by atoms with van der Waals surface area (Å²) in [4.78, 5) is 36.7. The average Bonchev–Trinajstić information content (AvgIpc) is 3.53. The highest BCUT2D eigenvalue weighted by Crippen LogP contribution is 2.42. The predicted octanol–water partition coefficient (Wildman–Crippen LogP) is 5.54. The first-order chi connectivity index (χ1) is 20.2. The zero-order chi connectivity index (χ0) is 29.5. The molecule has 0 spiro atoms. The van der Waals surface area contributed by atoms with Crippen LogP contribution >= 0.6 is 11.3 Å². The van der Waals surface area contributed by atoms with Crippen LogP contribution in [0.4, 0.5) is 21.6 Å². The van der Waals surface area contributed by atoms with E-state index in [-0.39, 0.29) is 23.3 Å². The quantitative estimate of drug-likeness (QED) is 0.327. The van der Waals surface area contributed by atoms with Crippen LogP contribution in [0.25, 0.3) is 10.4 Å². The summed E-state index contributed by atoms with van der Waals surface area (Å²) in [6, 6.07) is 19.2. The minimum atomic E-state index is -0.502. The average molecular weight is 582 g/mol. The number of fused-ring (bicyclic) bond motifs is 3. The molecule has 2 aliphatic rings. The molecule has 2 aliphatic heterocycles. The lowest BCUT2D eigenvalue weighted by Crippen LogP contribution is -2.34. The van der Waals surface area contributed by atoms with Crippen LogP contribution in [-0.4, -0.2) is 47.1 Å². The Morgan fingerprint density at radius 1 is 1.17 bits per heavy atom.